The topological polar surface area (TPSA) is 87.8 Å². The standard InChI is InChI=1S/C11H20O.C10H21NO4.C2H6.H2/c1-9(2)11(12)8-10-6-4-3-5-7-10;1-9(2)15-8-7-14-6-5-13-4-3-10(11)12;1-2;/h9-10H,3-8H2,1-2H3;9H,3-8H2,1-2H3,(H2,11,12);1-2H3;1H. The van der Waals surface area contributed by atoms with E-state index in [4.69, 9.17) is 19.9 Å². The number of ether oxygens (including phenoxy) is 3. The summed E-state index contributed by atoms with van der Waals surface area (Å²) >= 11 is 0. The number of nitrogens with two attached hydrogens (primary N) is 1. The maximum atomic E-state index is 11.4. The molecule has 0 aromatic rings. The number of rotatable bonds is 13. The molecule has 1 aliphatic rings. The summed E-state index contributed by atoms with van der Waals surface area (Å²) in [5.74, 6) is 1.07. The Hall–Kier alpha value is -0.980. The summed E-state index contributed by atoms with van der Waals surface area (Å²) in [6.07, 6.45) is 7.99. The lowest BCUT2D eigenvalue weighted by atomic mass is 9.84. The Bertz CT molecular complexity index is 386. The van der Waals surface area contributed by atoms with Gasteiger partial charge in [0, 0.05) is 20.2 Å². The smallest absolute Gasteiger partial charge is 0.219 e. The van der Waals surface area contributed by atoms with Crippen LogP contribution in [-0.4, -0.2) is 50.8 Å². The molecule has 0 aromatic carbocycles. The molecule has 6 nitrogen and oxygen atoms in total. The molecule has 0 heterocycles. The summed E-state index contributed by atoms with van der Waals surface area (Å²) in [5.41, 5.74) is 4.93. The number of ketones is 1. The molecule has 2 N–H and O–H groups in total. The van der Waals surface area contributed by atoms with Gasteiger partial charge in [0.2, 0.25) is 5.91 Å². The van der Waals surface area contributed by atoms with Crippen LogP contribution in [0.3, 0.4) is 0 Å². The highest BCUT2D eigenvalue weighted by Gasteiger charge is 2.18. The summed E-state index contributed by atoms with van der Waals surface area (Å²) in [7, 11) is 0. The predicted octanol–water partition coefficient (Wildman–Crippen LogP) is 4.77. The molecule has 0 bridgehead atoms. The lowest BCUT2D eigenvalue weighted by molar-refractivity contribution is -0.123. The van der Waals surface area contributed by atoms with Gasteiger partial charge in [0.25, 0.3) is 0 Å². The number of Topliss-reactive ketones (excluding diaryl/α,β-unsaturated/α-hetero) is 1. The number of carbonyl (C=O) groups excluding carboxylic acids is 2. The Morgan fingerprint density at radius 3 is 1.90 bits per heavy atom. The zero-order valence-corrected chi connectivity index (χ0v) is 19.8. The van der Waals surface area contributed by atoms with E-state index in [1.54, 1.807) is 0 Å². The van der Waals surface area contributed by atoms with E-state index in [9.17, 15) is 9.59 Å². The summed E-state index contributed by atoms with van der Waals surface area (Å²) in [6.45, 7) is 14.5. The van der Waals surface area contributed by atoms with Crippen LogP contribution in [-0.2, 0) is 23.8 Å². The van der Waals surface area contributed by atoms with Gasteiger partial charge in [-0.2, -0.15) is 0 Å². The molecule has 0 aliphatic heterocycles. The molecule has 1 aliphatic carbocycles. The molecule has 1 rings (SSSR count). The lowest BCUT2D eigenvalue weighted by Crippen LogP contribution is -2.15. The van der Waals surface area contributed by atoms with E-state index in [1.165, 1.54) is 32.1 Å². The van der Waals surface area contributed by atoms with Crippen LogP contribution in [0.4, 0.5) is 0 Å². The third-order valence-corrected chi connectivity index (χ3v) is 4.40. The first-order valence-corrected chi connectivity index (χ1v) is 11.4. The maximum Gasteiger partial charge on any atom is 0.219 e. The average molecular weight is 420 g/mol. The fourth-order valence-corrected chi connectivity index (χ4v) is 2.75. The van der Waals surface area contributed by atoms with Crippen LogP contribution < -0.4 is 5.73 Å². The molecule has 1 fully saturated rings. The summed E-state index contributed by atoms with van der Waals surface area (Å²) < 4.78 is 15.6. The Balaban J connectivity index is -0.000000442. The first kappa shape index (κ1) is 30.2. The molecular formula is C23H49NO5. The molecule has 6 heteroatoms. The summed E-state index contributed by atoms with van der Waals surface area (Å²) in [4.78, 5) is 21.7. The van der Waals surface area contributed by atoms with E-state index in [1.807, 2.05) is 41.5 Å². The predicted molar refractivity (Wildman–Crippen MR) is 121 cm³/mol. The number of hydrogen-bond donors (Lipinski definition) is 1. The Kier molecular flexibility index (Phi) is 22.6. The Morgan fingerprint density at radius 2 is 1.41 bits per heavy atom. The van der Waals surface area contributed by atoms with Gasteiger partial charge in [-0.1, -0.05) is 59.8 Å². The number of primary amides is 1. The van der Waals surface area contributed by atoms with Crippen molar-refractivity contribution in [3.05, 3.63) is 0 Å². The van der Waals surface area contributed by atoms with Crippen LogP contribution in [0.2, 0.25) is 0 Å². The van der Waals surface area contributed by atoms with Crippen molar-refractivity contribution in [3.63, 3.8) is 0 Å². The number of hydrogen-bond acceptors (Lipinski definition) is 5. The van der Waals surface area contributed by atoms with Gasteiger partial charge in [-0.05, 0) is 19.8 Å². The molecule has 0 unspecified atom stereocenters. The van der Waals surface area contributed by atoms with Gasteiger partial charge in [0.05, 0.1) is 39.1 Å². The van der Waals surface area contributed by atoms with Crippen molar-refractivity contribution < 1.29 is 25.2 Å². The highest BCUT2D eigenvalue weighted by Crippen LogP contribution is 2.27. The minimum atomic E-state index is -0.346. The van der Waals surface area contributed by atoms with Crippen LogP contribution in [0, 0.1) is 11.8 Å². The molecule has 0 saturated heterocycles. The fraction of sp³-hybridized carbons (Fsp3) is 0.913. The molecule has 176 valence electrons. The minimum Gasteiger partial charge on any atom is -0.379 e. The quantitative estimate of drug-likeness (QED) is 0.434. The third kappa shape index (κ3) is 23.2. The summed E-state index contributed by atoms with van der Waals surface area (Å²) in [6, 6.07) is 0. The first-order valence-electron chi connectivity index (χ1n) is 11.4. The molecular weight excluding hydrogens is 370 g/mol. The largest absolute Gasteiger partial charge is 0.379 e. The molecule has 0 spiro atoms. The van der Waals surface area contributed by atoms with E-state index >= 15 is 0 Å². The molecule has 0 radical (unpaired) electrons. The maximum absolute atomic E-state index is 11.4. The molecule has 1 amide bonds. The van der Waals surface area contributed by atoms with Gasteiger partial charge in [0.15, 0.2) is 0 Å². The highest BCUT2D eigenvalue weighted by atomic mass is 16.5. The van der Waals surface area contributed by atoms with E-state index in [2.05, 4.69) is 0 Å². The second kappa shape index (κ2) is 21.7. The van der Waals surface area contributed by atoms with Crippen LogP contribution in [0.15, 0.2) is 0 Å². The van der Waals surface area contributed by atoms with Gasteiger partial charge in [-0.25, -0.2) is 0 Å². The third-order valence-electron chi connectivity index (χ3n) is 4.40. The van der Waals surface area contributed by atoms with Gasteiger partial charge in [-0.3, -0.25) is 9.59 Å². The van der Waals surface area contributed by atoms with Crippen LogP contribution in [0.5, 0.6) is 0 Å². The monoisotopic (exact) mass is 419 g/mol. The van der Waals surface area contributed by atoms with E-state index in [-0.39, 0.29) is 25.8 Å². The molecule has 0 atom stereocenters. The first-order chi connectivity index (χ1) is 13.8. The number of amides is 1. The second-order valence-electron chi connectivity index (χ2n) is 7.69. The minimum absolute atomic E-state index is 0. The zero-order chi connectivity index (χ0) is 22.5. The van der Waals surface area contributed by atoms with Crippen molar-refractivity contribution in [3.8, 4) is 0 Å². The molecule has 1 saturated carbocycles. The van der Waals surface area contributed by atoms with Gasteiger partial charge in [-0.15, -0.1) is 0 Å². The molecule has 0 aromatic heterocycles. The van der Waals surface area contributed by atoms with Gasteiger partial charge < -0.3 is 19.9 Å². The van der Waals surface area contributed by atoms with Crippen molar-refractivity contribution in [1.82, 2.24) is 0 Å². The normalized spacial score (nSPS) is 14.1. The van der Waals surface area contributed by atoms with Crippen LogP contribution in [0.25, 0.3) is 0 Å². The molecule has 29 heavy (non-hydrogen) atoms. The van der Waals surface area contributed by atoms with E-state index in [0.717, 1.165) is 6.42 Å². The van der Waals surface area contributed by atoms with Crippen molar-refractivity contribution in [2.24, 2.45) is 17.6 Å². The average Bonchev–Trinajstić information content (AvgIpc) is 2.69. The van der Waals surface area contributed by atoms with Gasteiger partial charge >= 0.3 is 0 Å². The van der Waals surface area contributed by atoms with Gasteiger partial charge in [0.1, 0.15) is 5.78 Å². The van der Waals surface area contributed by atoms with Crippen molar-refractivity contribution in [1.29, 1.82) is 0 Å². The fourth-order valence-electron chi connectivity index (χ4n) is 2.75. The second-order valence-corrected chi connectivity index (χ2v) is 7.69. The Labute approximate surface area is 180 Å². The lowest BCUT2D eigenvalue weighted by Gasteiger charge is -2.21. The van der Waals surface area contributed by atoms with Crippen LogP contribution in [0.1, 0.15) is 87.9 Å². The van der Waals surface area contributed by atoms with Crippen molar-refractivity contribution in [2.45, 2.75) is 92.6 Å². The van der Waals surface area contributed by atoms with E-state index < -0.39 is 0 Å². The summed E-state index contributed by atoms with van der Waals surface area (Å²) in [5, 5.41) is 0. The Morgan fingerprint density at radius 1 is 0.897 bits per heavy atom. The van der Waals surface area contributed by atoms with Crippen molar-refractivity contribution >= 4 is 11.7 Å². The van der Waals surface area contributed by atoms with Crippen molar-refractivity contribution in [2.75, 3.05) is 33.0 Å². The zero-order valence-electron chi connectivity index (χ0n) is 19.8. The van der Waals surface area contributed by atoms with Crippen LogP contribution >= 0.6 is 0 Å². The number of carbonyl (C=O) groups is 2. The SMILES string of the molecule is CC.CC(C)C(=O)CC1CCCCC1.CC(C)OCCOCCOCCC(N)=O.[HH]. The highest BCUT2D eigenvalue weighted by molar-refractivity contribution is 5.80. The van der Waals surface area contributed by atoms with E-state index in [0.29, 0.717) is 44.7 Å².